The van der Waals surface area contributed by atoms with Gasteiger partial charge in [-0.25, -0.2) is 0 Å². The first-order valence-corrected chi connectivity index (χ1v) is 5.15. The summed E-state index contributed by atoms with van der Waals surface area (Å²) in [4.78, 5) is 12.1. The number of rotatable bonds is 2. The third-order valence-electron chi connectivity index (χ3n) is 2.58. The average molecular weight is 232 g/mol. The molecule has 0 radical (unpaired) electrons. The predicted octanol–water partition coefficient (Wildman–Crippen LogP) is 1.89. The van der Waals surface area contributed by atoms with Gasteiger partial charge in [0.25, 0.3) is 0 Å². The van der Waals surface area contributed by atoms with E-state index in [0.717, 1.165) is 12.2 Å². The van der Waals surface area contributed by atoms with Crippen LogP contribution in [-0.2, 0) is 0 Å². The van der Waals surface area contributed by atoms with Gasteiger partial charge < -0.3 is 15.3 Å². The van der Waals surface area contributed by atoms with Crippen LogP contribution < -0.4 is 0 Å². The molecule has 0 heterocycles. The van der Waals surface area contributed by atoms with Gasteiger partial charge in [0.2, 0.25) is 0 Å². The van der Waals surface area contributed by atoms with Gasteiger partial charge in [-0.2, -0.15) is 0 Å². The number of hydrogen-bond donors (Lipinski definition) is 3. The lowest BCUT2D eigenvalue weighted by atomic mass is 9.86. The van der Waals surface area contributed by atoms with Crippen LogP contribution in [0, 0.1) is 0 Å². The molecule has 1 aromatic rings. The van der Waals surface area contributed by atoms with Crippen molar-refractivity contribution in [2.75, 3.05) is 0 Å². The number of Topliss-reactive ketones (excluding diaryl/α,β-unsaturated/α-hetero) is 1. The molecule has 0 aromatic heterocycles. The first kappa shape index (κ1) is 11.4. The first-order chi connectivity index (χ1) is 8.01. The summed E-state index contributed by atoms with van der Waals surface area (Å²) in [6.07, 6.45) is 1.92. The summed E-state index contributed by atoms with van der Waals surface area (Å²) < 4.78 is 0. The summed E-state index contributed by atoms with van der Waals surface area (Å²) >= 11 is 0. The topological polar surface area (TPSA) is 77.8 Å². The molecule has 1 aromatic carbocycles. The van der Waals surface area contributed by atoms with E-state index in [9.17, 15) is 20.1 Å². The summed E-state index contributed by atoms with van der Waals surface area (Å²) in [6, 6.07) is 8.25. The Morgan fingerprint density at radius 1 is 1.18 bits per heavy atom. The third kappa shape index (κ3) is 2.21. The molecule has 3 N–H and O–H groups in total. The smallest absolute Gasteiger partial charge is 0.198 e. The summed E-state index contributed by atoms with van der Waals surface area (Å²) in [7, 11) is 0. The standard InChI is InChI=1S/C13H12O4/c14-10-6-11(15)8-13(17,7-10)12(16)9-4-2-1-3-5-9/h1-7,14-15,17H,8H2. The molecule has 4 nitrogen and oxygen atoms in total. The number of aliphatic hydroxyl groups excluding tert-OH is 2. The van der Waals surface area contributed by atoms with Gasteiger partial charge in [0, 0.05) is 18.1 Å². The lowest BCUT2D eigenvalue weighted by Crippen LogP contribution is -2.38. The van der Waals surface area contributed by atoms with Crippen molar-refractivity contribution in [3.8, 4) is 0 Å². The Morgan fingerprint density at radius 3 is 2.41 bits per heavy atom. The molecule has 2 rings (SSSR count). The molecule has 0 spiro atoms. The number of carbonyl (C=O) groups is 1. The van der Waals surface area contributed by atoms with Crippen molar-refractivity contribution < 1.29 is 20.1 Å². The SMILES string of the molecule is O=C(c1ccccc1)C1(O)C=C(O)C=C(O)C1. The normalized spacial score (nSPS) is 23.8. The Bertz CT molecular complexity index is 501. The summed E-state index contributed by atoms with van der Waals surface area (Å²) in [5.74, 6) is -1.10. The maximum Gasteiger partial charge on any atom is 0.198 e. The van der Waals surface area contributed by atoms with E-state index in [0.29, 0.717) is 5.56 Å². The fourth-order valence-electron chi connectivity index (χ4n) is 1.82. The Labute approximate surface area is 98.1 Å². The Hall–Kier alpha value is -2.07. The second-order valence-corrected chi connectivity index (χ2v) is 4.00. The lowest BCUT2D eigenvalue weighted by molar-refractivity contribution is 0.0464. The van der Waals surface area contributed by atoms with Crippen LogP contribution in [0.2, 0.25) is 0 Å². The fraction of sp³-hybridized carbons (Fsp3) is 0.154. The van der Waals surface area contributed by atoms with Gasteiger partial charge in [0.05, 0.1) is 5.76 Å². The lowest BCUT2D eigenvalue weighted by Gasteiger charge is -2.25. The Kier molecular flexibility index (Phi) is 2.73. The van der Waals surface area contributed by atoms with Crippen molar-refractivity contribution in [2.45, 2.75) is 12.0 Å². The van der Waals surface area contributed by atoms with E-state index >= 15 is 0 Å². The van der Waals surface area contributed by atoms with E-state index in [4.69, 9.17) is 0 Å². The van der Waals surface area contributed by atoms with E-state index in [1.54, 1.807) is 30.3 Å². The van der Waals surface area contributed by atoms with Crippen LogP contribution in [0.1, 0.15) is 16.8 Å². The molecular formula is C13H12O4. The van der Waals surface area contributed by atoms with Gasteiger partial charge in [0.1, 0.15) is 5.76 Å². The fourth-order valence-corrected chi connectivity index (χ4v) is 1.82. The molecule has 1 atom stereocenters. The quantitative estimate of drug-likeness (QED) is 0.680. The second-order valence-electron chi connectivity index (χ2n) is 4.00. The average Bonchev–Trinajstić information content (AvgIpc) is 2.27. The van der Waals surface area contributed by atoms with Crippen molar-refractivity contribution >= 4 is 5.78 Å². The van der Waals surface area contributed by atoms with Gasteiger partial charge in [0.15, 0.2) is 11.4 Å². The highest BCUT2D eigenvalue weighted by atomic mass is 16.3. The van der Waals surface area contributed by atoms with Gasteiger partial charge in [-0.1, -0.05) is 30.3 Å². The molecule has 1 aliphatic carbocycles. The van der Waals surface area contributed by atoms with E-state index in [1.807, 2.05) is 0 Å². The molecule has 4 heteroatoms. The third-order valence-corrected chi connectivity index (χ3v) is 2.58. The van der Waals surface area contributed by atoms with Crippen LogP contribution in [-0.4, -0.2) is 26.7 Å². The molecule has 1 unspecified atom stereocenters. The number of aliphatic hydroxyl groups is 3. The number of ketones is 1. The maximum atomic E-state index is 12.1. The largest absolute Gasteiger partial charge is 0.512 e. The molecule has 0 amide bonds. The van der Waals surface area contributed by atoms with E-state index in [1.165, 1.54) is 0 Å². The van der Waals surface area contributed by atoms with Crippen molar-refractivity contribution in [3.05, 3.63) is 59.6 Å². The zero-order valence-electron chi connectivity index (χ0n) is 9.00. The van der Waals surface area contributed by atoms with E-state index in [2.05, 4.69) is 0 Å². The minimum atomic E-state index is -1.88. The Morgan fingerprint density at radius 2 is 1.82 bits per heavy atom. The number of hydrogen-bond acceptors (Lipinski definition) is 4. The maximum absolute atomic E-state index is 12.1. The summed E-state index contributed by atoms with van der Waals surface area (Å²) in [5.41, 5.74) is -1.56. The first-order valence-electron chi connectivity index (χ1n) is 5.15. The van der Waals surface area contributed by atoms with Gasteiger partial charge in [-0.05, 0) is 6.08 Å². The highest BCUT2D eigenvalue weighted by Crippen LogP contribution is 2.27. The van der Waals surface area contributed by atoms with E-state index in [-0.39, 0.29) is 17.9 Å². The number of allylic oxidation sites excluding steroid dienone is 1. The highest BCUT2D eigenvalue weighted by molar-refractivity contribution is 6.04. The molecule has 17 heavy (non-hydrogen) atoms. The van der Waals surface area contributed by atoms with Crippen molar-refractivity contribution in [2.24, 2.45) is 0 Å². The van der Waals surface area contributed by atoms with Crippen molar-refractivity contribution in [3.63, 3.8) is 0 Å². The predicted molar refractivity (Wildman–Crippen MR) is 61.8 cm³/mol. The monoisotopic (exact) mass is 232 g/mol. The van der Waals surface area contributed by atoms with Crippen LogP contribution in [0.3, 0.4) is 0 Å². The van der Waals surface area contributed by atoms with E-state index < -0.39 is 11.4 Å². The summed E-state index contributed by atoms with van der Waals surface area (Å²) in [5, 5.41) is 28.8. The minimum Gasteiger partial charge on any atom is -0.512 e. The summed E-state index contributed by atoms with van der Waals surface area (Å²) in [6.45, 7) is 0. The number of benzene rings is 1. The number of carbonyl (C=O) groups excluding carboxylic acids is 1. The molecule has 0 bridgehead atoms. The molecular weight excluding hydrogens is 220 g/mol. The van der Waals surface area contributed by atoms with Crippen LogP contribution in [0.4, 0.5) is 0 Å². The van der Waals surface area contributed by atoms with Gasteiger partial charge >= 0.3 is 0 Å². The van der Waals surface area contributed by atoms with Crippen molar-refractivity contribution in [1.82, 2.24) is 0 Å². The zero-order valence-corrected chi connectivity index (χ0v) is 9.00. The van der Waals surface area contributed by atoms with Crippen LogP contribution >= 0.6 is 0 Å². The zero-order chi connectivity index (χ0) is 12.5. The van der Waals surface area contributed by atoms with Crippen LogP contribution in [0.25, 0.3) is 0 Å². The van der Waals surface area contributed by atoms with Crippen LogP contribution in [0.15, 0.2) is 54.0 Å². The molecule has 0 aliphatic heterocycles. The van der Waals surface area contributed by atoms with Crippen molar-refractivity contribution in [1.29, 1.82) is 0 Å². The molecule has 1 aliphatic rings. The Balaban J connectivity index is 2.35. The minimum absolute atomic E-state index is 0.225. The molecule has 0 fully saturated rings. The van der Waals surface area contributed by atoms with Crippen LogP contribution in [0.5, 0.6) is 0 Å². The van der Waals surface area contributed by atoms with Gasteiger partial charge in [-0.3, -0.25) is 4.79 Å². The second kappa shape index (κ2) is 4.07. The molecule has 0 saturated carbocycles. The highest BCUT2D eigenvalue weighted by Gasteiger charge is 2.38. The van der Waals surface area contributed by atoms with Gasteiger partial charge in [-0.15, -0.1) is 0 Å². The molecule has 88 valence electrons. The molecule has 0 saturated heterocycles.